The Bertz CT molecular complexity index is 1020. The van der Waals surface area contributed by atoms with Crippen molar-refractivity contribution in [3.63, 3.8) is 0 Å². The van der Waals surface area contributed by atoms with E-state index in [1.165, 1.54) is 0 Å². The van der Waals surface area contributed by atoms with Crippen molar-refractivity contribution in [2.24, 2.45) is 5.92 Å². The van der Waals surface area contributed by atoms with Gasteiger partial charge in [-0.1, -0.05) is 6.07 Å². The molecule has 1 fully saturated rings. The fraction of sp³-hybridized carbons (Fsp3) is 0.364. The summed E-state index contributed by atoms with van der Waals surface area (Å²) in [5.74, 6) is 1.15. The number of carbonyl (C=O) groups excluding carboxylic acids is 2. The number of rotatable bonds is 3. The third-order valence-corrected chi connectivity index (χ3v) is 5.57. The Hall–Kier alpha value is -3.40. The SMILES string of the molecule is Cc1ccc(N2CCC(C(=O)c3ccc4c(c3)NC(=O)C(C)O4)CC2)nc1C#N. The van der Waals surface area contributed by atoms with Gasteiger partial charge in [-0.25, -0.2) is 4.98 Å². The fourth-order valence-corrected chi connectivity index (χ4v) is 3.78. The summed E-state index contributed by atoms with van der Waals surface area (Å²) in [4.78, 5) is 31.4. The third-order valence-electron chi connectivity index (χ3n) is 5.57. The van der Waals surface area contributed by atoms with Crippen LogP contribution in [0.3, 0.4) is 0 Å². The lowest BCUT2D eigenvalue weighted by atomic mass is 9.88. The maximum atomic E-state index is 13.0. The summed E-state index contributed by atoms with van der Waals surface area (Å²) in [6.07, 6.45) is 0.894. The molecule has 1 aromatic carbocycles. The smallest absolute Gasteiger partial charge is 0.265 e. The Balaban J connectivity index is 1.44. The largest absolute Gasteiger partial charge is 0.479 e. The van der Waals surface area contributed by atoms with Gasteiger partial charge in [0.25, 0.3) is 5.91 Å². The van der Waals surface area contributed by atoms with Gasteiger partial charge >= 0.3 is 0 Å². The van der Waals surface area contributed by atoms with Crippen LogP contribution in [0.4, 0.5) is 11.5 Å². The molecule has 1 amide bonds. The van der Waals surface area contributed by atoms with Crippen LogP contribution in [-0.4, -0.2) is 35.9 Å². The van der Waals surface area contributed by atoms with Crippen LogP contribution in [-0.2, 0) is 4.79 Å². The summed E-state index contributed by atoms with van der Waals surface area (Å²) in [7, 11) is 0. The zero-order valence-electron chi connectivity index (χ0n) is 16.4. The number of fused-ring (bicyclic) bond motifs is 1. The normalized spacial score (nSPS) is 19.0. The summed E-state index contributed by atoms with van der Waals surface area (Å²) in [5, 5.41) is 12.0. The van der Waals surface area contributed by atoms with Gasteiger partial charge in [0.15, 0.2) is 11.9 Å². The minimum atomic E-state index is -0.537. The molecule has 1 saturated heterocycles. The lowest BCUT2D eigenvalue weighted by molar-refractivity contribution is -0.122. The molecule has 3 heterocycles. The maximum absolute atomic E-state index is 13.0. The number of ketones is 1. The molecule has 0 radical (unpaired) electrons. The topological polar surface area (TPSA) is 95.3 Å². The number of Topliss-reactive ketones (excluding diaryl/α,β-unsaturated/α-hetero) is 1. The van der Waals surface area contributed by atoms with Gasteiger partial charge in [0, 0.05) is 24.6 Å². The number of nitriles is 1. The lowest BCUT2D eigenvalue weighted by Gasteiger charge is -2.32. The zero-order valence-corrected chi connectivity index (χ0v) is 16.4. The molecule has 0 saturated carbocycles. The van der Waals surface area contributed by atoms with Crippen molar-refractivity contribution in [2.75, 3.05) is 23.3 Å². The van der Waals surface area contributed by atoms with Crippen LogP contribution in [0, 0.1) is 24.2 Å². The van der Waals surface area contributed by atoms with E-state index in [2.05, 4.69) is 21.3 Å². The van der Waals surface area contributed by atoms with Crippen LogP contribution in [0.1, 0.15) is 41.4 Å². The Morgan fingerprint density at radius 3 is 2.76 bits per heavy atom. The van der Waals surface area contributed by atoms with Gasteiger partial charge in [-0.05, 0) is 56.5 Å². The molecule has 0 bridgehead atoms. The second kappa shape index (κ2) is 7.55. The average Bonchev–Trinajstić information content (AvgIpc) is 2.74. The van der Waals surface area contributed by atoms with E-state index in [0.717, 1.165) is 11.4 Å². The number of nitrogens with zero attached hydrogens (tertiary/aromatic N) is 3. The van der Waals surface area contributed by atoms with E-state index in [0.29, 0.717) is 48.6 Å². The van der Waals surface area contributed by atoms with Crippen molar-refractivity contribution in [1.82, 2.24) is 4.98 Å². The van der Waals surface area contributed by atoms with Crippen LogP contribution in [0.2, 0.25) is 0 Å². The third kappa shape index (κ3) is 3.66. The highest BCUT2D eigenvalue weighted by Crippen LogP contribution is 2.32. The molecule has 2 aromatic rings. The van der Waals surface area contributed by atoms with E-state index in [-0.39, 0.29) is 17.6 Å². The fourth-order valence-electron chi connectivity index (χ4n) is 3.78. The van der Waals surface area contributed by atoms with E-state index in [9.17, 15) is 14.9 Å². The first kappa shape index (κ1) is 18.9. The molecule has 29 heavy (non-hydrogen) atoms. The summed E-state index contributed by atoms with van der Waals surface area (Å²) >= 11 is 0. The van der Waals surface area contributed by atoms with Crippen molar-refractivity contribution in [3.05, 3.63) is 47.2 Å². The number of carbonyl (C=O) groups is 2. The van der Waals surface area contributed by atoms with Crippen LogP contribution in [0.15, 0.2) is 30.3 Å². The van der Waals surface area contributed by atoms with E-state index in [1.54, 1.807) is 25.1 Å². The number of hydrogen-bond acceptors (Lipinski definition) is 6. The highest BCUT2D eigenvalue weighted by atomic mass is 16.5. The number of amides is 1. The molecule has 7 heteroatoms. The molecule has 1 unspecified atom stereocenters. The molecule has 7 nitrogen and oxygen atoms in total. The molecular formula is C22H22N4O3. The number of piperidine rings is 1. The Morgan fingerprint density at radius 2 is 2.03 bits per heavy atom. The molecule has 2 aliphatic rings. The molecule has 148 valence electrons. The van der Waals surface area contributed by atoms with Crippen molar-refractivity contribution in [1.29, 1.82) is 5.26 Å². The standard InChI is InChI=1S/C22H22N4O3/c1-13-3-6-20(24-18(13)12-23)26-9-7-15(8-10-26)21(27)16-4-5-19-17(11-16)25-22(28)14(2)29-19/h3-6,11,14-15H,7-10H2,1-2H3,(H,25,28). The predicted octanol–water partition coefficient (Wildman–Crippen LogP) is 3.08. The van der Waals surface area contributed by atoms with Crippen molar-refractivity contribution in [3.8, 4) is 11.8 Å². The molecular weight excluding hydrogens is 368 g/mol. The van der Waals surface area contributed by atoms with Gasteiger partial charge in [0.2, 0.25) is 0 Å². The summed E-state index contributed by atoms with van der Waals surface area (Å²) in [5.41, 5.74) is 2.43. The Morgan fingerprint density at radius 1 is 1.28 bits per heavy atom. The summed E-state index contributed by atoms with van der Waals surface area (Å²) in [6, 6.07) is 11.2. The predicted molar refractivity (Wildman–Crippen MR) is 108 cm³/mol. The van der Waals surface area contributed by atoms with Gasteiger partial charge in [-0.3, -0.25) is 9.59 Å². The molecule has 2 aliphatic heterocycles. The number of benzene rings is 1. The quantitative estimate of drug-likeness (QED) is 0.809. The Labute approximate surface area is 169 Å². The highest BCUT2D eigenvalue weighted by molar-refractivity contribution is 6.02. The van der Waals surface area contributed by atoms with Crippen molar-refractivity contribution >= 4 is 23.2 Å². The van der Waals surface area contributed by atoms with E-state index in [1.807, 2.05) is 19.1 Å². The van der Waals surface area contributed by atoms with Crippen LogP contribution in [0.25, 0.3) is 0 Å². The lowest BCUT2D eigenvalue weighted by Crippen LogP contribution is -2.37. The number of anilines is 2. The van der Waals surface area contributed by atoms with Gasteiger partial charge < -0.3 is 15.0 Å². The number of pyridine rings is 1. The first-order valence-corrected chi connectivity index (χ1v) is 9.74. The summed E-state index contributed by atoms with van der Waals surface area (Å²) < 4.78 is 5.55. The number of aryl methyl sites for hydroxylation is 1. The minimum absolute atomic E-state index is 0.0786. The van der Waals surface area contributed by atoms with Gasteiger partial charge in [-0.15, -0.1) is 0 Å². The van der Waals surface area contributed by atoms with Crippen molar-refractivity contribution < 1.29 is 14.3 Å². The first-order chi connectivity index (χ1) is 14.0. The molecule has 0 aliphatic carbocycles. The average molecular weight is 390 g/mol. The van der Waals surface area contributed by atoms with Gasteiger partial charge in [0.1, 0.15) is 23.3 Å². The van der Waals surface area contributed by atoms with E-state index >= 15 is 0 Å². The minimum Gasteiger partial charge on any atom is -0.479 e. The number of ether oxygens (including phenoxy) is 1. The summed E-state index contributed by atoms with van der Waals surface area (Å²) in [6.45, 7) is 4.97. The van der Waals surface area contributed by atoms with Gasteiger partial charge in [0.05, 0.1) is 5.69 Å². The molecule has 4 rings (SSSR count). The maximum Gasteiger partial charge on any atom is 0.265 e. The molecule has 1 aromatic heterocycles. The number of nitrogens with one attached hydrogen (secondary N) is 1. The molecule has 1 atom stereocenters. The van der Waals surface area contributed by atoms with Crippen molar-refractivity contribution in [2.45, 2.75) is 32.8 Å². The van der Waals surface area contributed by atoms with Crippen LogP contribution < -0.4 is 15.0 Å². The molecule has 1 N–H and O–H groups in total. The highest BCUT2D eigenvalue weighted by Gasteiger charge is 2.29. The van der Waals surface area contributed by atoms with Crippen LogP contribution >= 0.6 is 0 Å². The molecule has 0 spiro atoms. The number of hydrogen-bond donors (Lipinski definition) is 1. The number of aromatic nitrogens is 1. The second-order valence-corrected chi connectivity index (χ2v) is 7.53. The van der Waals surface area contributed by atoms with E-state index < -0.39 is 6.10 Å². The van der Waals surface area contributed by atoms with Crippen LogP contribution in [0.5, 0.6) is 5.75 Å². The zero-order chi connectivity index (χ0) is 20.5. The Kier molecular flexibility index (Phi) is 4.93. The van der Waals surface area contributed by atoms with Gasteiger partial charge in [-0.2, -0.15) is 5.26 Å². The monoisotopic (exact) mass is 390 g/mol. The second-order valence-electron chi connectivity index (χ2n) is 7.53. The first-order valence-electron chi connectivity index (χ1n) is 9.74. The van der Waals surface area contributed by atoms with E-state index in [4.69, 9.17) is 4.74 Å².